The summed E-state index contributed by atoms with van der Waals surface area (Å²) in [7, 11) is 0. The van der Waals surface area contributed by atoms with Crippen LogP contribution in [0.25, 0.3) is 22.8 Å². The van der Waals surface area contributed by atoms with E-state index in [2.05, 4.69) is 30.6 Å². The third-order valence-electron chi connectivity index (χ3n) is 6.43. The van der Waals surface area contributed by atoms with Crippen molar-refractivity contribution in [2.24, 2.45) is 0 Å². The Kier molecular flexibility index (Phi) is 4.86. The molecule has 0 spiro atoms. The van der Waals surface area contributed by atoms with Crippen molar-refractivity contribution in [3.8, 4) is 22.8 Å². The third kappa shape index (κ3) is 3.81. The molecule has 1 fully saturated rings. The van der Waals surface area contributed by atoms with Crippen LogP contribution < -0.4 is 10.6 Å². The summed E-state index contributed by atoms with van der Waals surface area (Å²) < 4.78 is 14.5. The zero-order valence-corrected chi connectivity index (χ0v) is 18.6. The van der Waals surface area contributed by atoms with Gasteiger partial charge >= 0.3 is 0 Å². The molecule has 0 saturated heterocycles. The molecular weight excluding hydrogens is 431 g/mol. The van der Waals surface area contributed by atoms with Gasteiger partial charge in [0.15, 0.2) is 17.5 Å². The van der Waals surface area contributed by atoms with Gasteiger partial charge < -0.3 is 15.6 Å². The van der Waals surface area contributed by atoms with Gasteiger partial charge in [-0.3, -0.25) is 4.79 Å². The Labute approximate surface area is 195 Å². The number of amides is 1. The van der Waals surface area contributed by atoms with Gasteiger partial charge in [-0.15, -0.1) is 0 Å². The van der Waals surface area contributed by atoms with E-state index >= 15 is 0 Å². The number of nitrogens with zero attached hydrogens (tertiary/aromatic N) is 3. The SMILES string of the molecule is CC1CNC(=O)c2ccc(Nc3nc(-c4ccc(-c5ncc(C6CC6)[nH]5)cc4)ncc3F)cc21. The van der Waals surface area contributed by atoms with Crippen molar-refractivity contribution in [1.29, 1.82) is 0 Å². The van der Waals surface area contributed by atoms with Gasteiger partial charge in [0.2, 0.25) is 0 Å². The Bertz CT molecular complexity index is 1390. The Balaban J connectivity index is 1.25. The number of hydrogen-bond donors (Lipinski definition) is 3. The van der Waals surface area contributed by atoms with E-state index in [9.17, 15) is 9.18 Å². The normalized spacial score (nSPS) is 17.2. The van der Waals surface area contributed by atoms with Crippen LogP contribution in [-0.4, -0.2) is 32.4 Å². The zero-order chi connectivity index (χ0) is 23.2. The van der Waals surface area contributed by atoms with E-state index < -0.39 is 5.82 Å². The summed E-state index contributed by atoms with van der Waals surface area (Å²) in [6.07, 6.45) is 5.52. The zero-order valence-electron chi connectivity index (χ0n) is 18.6. The first kappa shape index (κ1) is 20.5. The first-order chi connectivity index (χ1) is 16.5. The highest BCUT2D eigenvalue weighted by molar-refractivity contribution is 5.97. The van der Waals surface area contributed by atoms with Crippen molar-refractivity contribution in [3.05, 3.63) is 77.5 Å². The van der Waals surface area contributed by atoms with Crippen LogP contribution in [-0.2, 0) is 0 Å². The van der Waals surface area contributed by atoms with E-state index in [-0.39, 0.29) is 17.6 Å². The number of carbonyl (C=O) groups is 1. The van der Waals surface area contributed by atoms with E-state index in [1.54, 1.807) is 12.1 Å². The average molecular weight is 455 g/mol. The second-order valence-corrected chi connectivity index (χ2v) is 8.97. The van der Waals surface area contributed by atoms with Crippen LogP contribution in [0.15, 0.2) is 54.9 Å². The molecule has 1 unspecified atom stereocenters. The summed E-state index contributed by atoms with van der Waals surface area (Å²) >= 11 is 0. The largest absolute Gasteiger partial charge is 0.351 e. The maximum atomic E-state index is 14.5. The number of anilines is 2. The fraction of sp³-hybridized carbons (Fsp3) is 0.231. The summed E-state index contributed by atoms with van der Waals surface area (Å²) in [6.45, 7) is 2.63. The molecular formula is C26H23FN6O. The predicted molar refractivity (Wildman–Crippen MR) is 127 cm³/mol. The molecule has 1 atom stereocenters. The number of aromatic nitrogens is 4. The molecule has 0 radical (unpaired) electrons. The standard InChI is InChI=1S/C26H23FN6O/c1-14-11-30-26(34)19-9-8-18(10-20(14)19)31-25-21(27)12-28-24(33-25)17-6-4-16(5-7-17)23-29-13-22(32-23)15-2-3-15/h4-10,12-15H,2-3,11H2,1H3,(H,29,32)(H,30,34)(H,28,31,33). The lowest BCUT2D eigenvalue weighted by Gasteiger charge is -2.23. The molecule has 4 aromatic rings. The molecule has 2 aliphatic rings. The number of H-pyrrole nitrogens is 1. The quantitative estimate of drug-likeness (QED) is 0.388. The summed E-state index contributed by atoms with van der Waals surface area (Å²) in [5.41, 5.74) is 5.19. The second kappa shape index (κ2) is 8.06. The number of nitrogens with one attached hydrogen (secondary N) is 3. The van der Waals surface area contributed by atoms with Gasteiger partial charge in [-0.25, -0.2) is 19.3 Å². The van der Waals surface area contributed by atoms with E-state index in [1.165, 1.54) is 24.7 Å². The van der Waals surface area contributed by atoms with Gasteiger partial charge in [0.05, 0.1) is 6.20 Å². The third-order valence-corrected chi connectivity index (χ3v) is 6.43. The Morgan fingerprint density at radius 3 is 2.62 bits per heavy atom. The summed E-state index contributed by atoms with van der Waals surface area (Å²) in [5, 5.41) is 5.92. The maximum absolute atomic E-state index is 14.5. The Morgan fingerprint density at radius 2 is 1.82 bits per heavy atom. The van der Waals surface area contributed by atoms with Crippen LogP contribution in [0, 0.1) is 5.82 Å². The Morgan fingerprint density at radius 1 is 1.03 bits per heavy atom. The van der Waals surface area contributed by atoms with Crippen LogP contribution >= 0.6 is 0 Å². The van der Waals surface area contributed by atoms with Crippen molar-refractivity contribution in [3.63, 3.8) is 0 Å². The first-order valence-corrected chi connectivity index (χ1v) is 11.4. The molecule has 1 aliphatic carbocycles. The number of hydrogen-bond acceptors (Lipinski definition) is 5. The molecule has 2 aromatic heterocycles. The van der Waals surface area contributed by atoms with Crippen molar-refractivity contribution < 1.29 is 9.18 Å². The summed E-state index contributed by atoms with van der Waals surface area (Å²) in [6, 6.07) is 13.1. The number of halogens is 1. The molecule has 7 nitrogen and oxygen atoms in total. The van der Waals surface area contributed by atoms with Gasteiger partial charge in [0, 0.05) is 46.7 Å². The molecule has 3 N–H and O–H groups in total. The van der Waals surface area contributed by atoms with Gasteiger partial charge in [-0.2, -0.15) is 0 Å². The van der Waals surface area contributed by atoms with Crippen LogP contribution in [0.5, 0.6) is 0 Å². The summed E-state index contributed by atoms with van der Waals surface area (Å²) in [5.74, 6) is 1.50. The predicted octanol–water partition coefficient (Wildman–Crippen LogP) is 5.14. The molecule has 2 aromatic carbocycles. The number of imidazole rings is 1. The van der Waals surface area contributed by atoms with E-state index in [0.717, 1.165) is 22.5 Å². The molecule has 6 rings (SSSR count). The minimum atomic E-state index is -0.549. The molecule has 3 heterocycles. The lowest BCUT2D eigenvalue weighted by atomic mass is 9.91. The van der Waals surface area contributed by atoms with Crippen molar-refractivity contribution in [2.75, 3.05) is 11.9 Å². The lowest BCUT2D eigenvalue weighted by Crippen LogP contribution is -2.33. The molecule has 1 amide bonds. The molecule has 0 bridgehead atoms. The maximum Gasteiger partial charge on any atom is 0.251 e. The molecule has 1 aliphatic heterocycles. The average Bonchev–Trinajstić information content (AvgIpc) is 3.59. The van der Waals surface area contributed by atoms with Crippen LogP contribution in [0.1, 0.15) is 53.2 Å². The first-order valence-electron chi connectivity index (χ1n) is 11.4. The molecule has 1 saturated carbocycles. The van der Waals surface area contributed by atoms with Crippen molar-refractivity contribution >= 4 is 17.4 Å². The number of fused-ring (bicyclic) bond motifs is 1. The number of rotatable bonds is 5. The molecule has 170 valence electrons. The lowest BCUT2D eigenvalue weighted by molar-refractivity contribution is 0.0941. The van der Waals surface area contributed by atoms with Crippen LogP contribution in [0.2, 0.25) is 0 Å². The Hall–Kier alpha value is -4.07. The van der Waals surface area contributed by atoms with Crippen molar-refractivity contribution in [1.82, 2.24) is 25.3 Å². The molecule has 34 heavy (non-hydrogen) atoms. The molecule has 8 heteroatoms. The number of benzene rings is 2. The van der Waals surface area contributed by atoms with Gasteiger partial charge in [0.25, 0.3) is 5.91 Å². The minimum absolute atomic E-state index is 0.0852. The van der Waals surface area contributed by atoms with Crippen LogP contribution in [0.3, 0.4) is 0 Å². The van der Waals surface area contributed by atoms with E-state index in [0.29, 0.717) is 29.5 Å². The highest BCUT2D eigenvalue weighted by Gasteiger charge is 2.25. The van der Waals surface area contributed by atoms with Crippen LogP contribution in [0.4, 0.5) is 15.9 Å². The number of aromatic amines is 1. The monoisotopic (exact) mass is 454 g/mol. The summed E-state index contributed by atoms with van der Waals surface area (Å²) in [4.78, 5) is 28.6. The second-order valence-electron chi connectivity index (χ2n) is 8.97. The van der Waals surface area contributed by atoms with Gasteiger partial charge in [0.1, 0.15) is 5.82 Å². The number of carbonyl (C=O) groups excluding carboxylic acids is 1. The van der Waals surface area contributed by atoms with E-state index in [1.807, 2.05) is 43.5 Å². The van der Waals surface area contributed by atoms with Gasteiger partial charge in [-0.1, -0.05) is 31.2 Å². The fourth-order valence-electron chi connectivity index (χ4n) is 4.30. The fourth-order valence-corrected chi connectivity index (χ4v) is 4.30. The smallest absolute Gasteiger partial charge is 0.251 e. The minimum Gasteiger partial charge on any atom is -0.351 e. The van der Waals surface area contributed by atoms with Crippen molar-refractivity contribution in [2.45, 2.75) is 31.6 Å². The highest BCUT2D eigenvalue weighted by Crippen LogP contribution is 2.39. The topological polar surface area (TPSA) is 95.6 Å². The highest BCUT2D eigenvalue weighted by atomic mass is 19.1. The van der Waals surface area contributed by atoms with Gasteiger partial charge in [-0.05, 0) is 42.5 Å². The van der Waals surface area contributed by atoms with E-state index in [4.69, 9.17) is 0 Å².